The summed E-state index contributed by atoms with van der Waals surface area (Å²) in [7, 11) is -3.56. The number of halogens is 1. The topological polar surface area (TPSA) is 124 Å². The number of rotatable bonds is 9. The molecule has 0 saturated heterocycles. The zero-order valence-electron chi connectivity index (χ0n) is 18.4. The predicted octanol–water partition coefficient (Wildman–Crippen LogP) is 3.02. The second kappa shape index (κ2) is 10.3. The lowest BCUT2D eigenvalue weighted by atomic mass is 10.2. The van der Waals surface area contributed by atoms with Crippen molar-refractivity contribution in [3.8, 4) is 22.9 Å². The molecule has 12 heteroatoms. The quantitative estimate of drug-likeness (QED) is 0.469. The van der Waals surface area contributed by atoms with E-state index >= 15 is 0 Å². The zero-order chi connectivity index (χ0) is 24.1. The van der Waals surface area contributed by atoms with Crippen LogP contribution in [0.4, 0.5) is 5.69 Å². The first kappa shape index (κ1) is 23.8. The maximum absolute atomic E-state index is 12.3. The Kier molecular flexibility index (Phi) is 7.23. The van der Waals surface area contributed by atoms with Crippen molar-refractivity contribution >= 4 is 33.2 Å². The Balaban J connectivity index is 1.30. The first-order chi connectivity index (χ1) is 16.3. The standard InChI is InChI=1S/C22H23ClN4O6S/c1-34(29,30)27(15-8-9-18-19(13-15)32-12-11-31-18)10-4-7-20(28)24-14-21-25-22(26-33-21)16-5-2-3-6-17(16)23/h2-3,5-6,8-9,13H,4,7,10-12,14H2,1H3,(H,24,28). The molecule has 1 aliphatic rings. The molecule has 10 nitrogen and oxygen atoms in total. The van der Waals surface area contributed by atoms with Crippen LogP contribution in [0, 0.1) is 0 Å². The average Bonchev–Trinajstić information content (AvgIpc) is 3.28. The monoisotopic (exact) mass is 506 g/mol. The van der Waals surface area contributed by atoms with Gasteiger partial charge in [0.25, 0.3) is 0 Å². The highest BCUT2D eigenvalue weighted by atomic mass is 35.5. The first-order valence-electron chi connectivity index (χ1n) is 10.5. The third kappa shape index (κ3) is 5.78. The maximum Gasteiger partial charge on any atom is 0.246 e. The summed E-state index contributed by atoms with van der Waals surface area (Å²) in [6.07, 6.45) is 1.54. The summed E-state index contributed by atoms with van der Waals surface area (Å²) in [4.78, 5) is 16.5. The number of carbonyl (C=O) groups excluding carboxylic acids is 1. The average molecular weight is 507 g/mol. The summed E-state index contributed by atoms with van der Waals surface area (Å²) < 4.78 is 42.1. The molecule has 0 unspecified atom stereocenters. The van der Waals surface area contributed by atoms with Crippen molar-refractivity contribution in [3.05, 3.63) is 53.4 Å². The van der Waals surface area contributed by atoms with Gasteiger partial charge in [-0.25, -0.2) is 8.42 Å². The van der Waals surface area contributed by atoms with Crippen LogP contribution in [0.3, 0.4) is 0 Å². The van der Waals surface area contributed by atoms with E-state index in [1.54, 1.807) is 36.4 Å². The van der Waals surface area contributed by atoms with Crippen LogP contribution in [0.2, 0.25) is 5.02 Å². The third-order valence-corrected chi connectivity index (χ3v) is 6.52. The number of amides is 1. The molecule has 2 aromatic carbocycles. The molecule has 1 amide bonds. The van der Waals surface area contributed by atoms with Gasteiger partial charge < -0.3 is 19.3 Å². The summed E-state index contributed by atoms with van der Waals surface area (Å²) in [5.41, 5.74) is 1.08. The van der Waals surface area contributed by atoms with Crippen LogP contribution in [0.1, 0.15) is 18.7 Å². The lowest BCUT2D eigenvalue weighted by molar-refractivity contribution is -0.121. The normalized spacial score (nSPS) is 12.9. The van der Waals surface area contributed by atoms with Crippen LogP contribution in [-0.2, 0) is 21.4 Å². The molecule has 3 aromatic rings. The van der Waals surface area contributed by atoms with Crippen molar-refractivity contribution < 1.29 is 27.2 Å². The van der Waals surface area contributed by atoms with E-state index in [9.17, 15) is 13.2 Å². The Morgan fingerprint density at radius 2 is 1.91 bits per heavy atom. The van der Waals surface area contributed by atoms with Gasteiger partial charge in [-0.05, 0) is 30.7 Å². The third-order valence-electron chi connectivity index (χ3n) is 5.00. The number of hydrogen-bond donors (Lipinski definition) is 1. The van der Waals surface area contributed by atoms with Crippen LogP contribution < -0.4 is 19.1 Å². The van der Waals surface area contributed by atoms with Crippen molar-refractivity contribution in [3.63, 3.8) is 0 Å². The van der Waals surface area contributed by atoms with Crippen LogP contribution in [0.5, 0.6) is 11.5 Å². The number of nitrogens with one attached hydrogen (secondary N) is 1. The molecule has 0 aliphatic carbocycles. The lowest BCUT2D eigenvalue weighted by Gasteiger charge is -2.25. The molecule has 0 spiro atoms. The number of carbonyl (C=O) groups is 1. The number of fused-ring (bicyclic) bond motifs is 1. The number of aromatic nitrogens is 2. The highest BCUT2D eigenvalue weighted by Crippen LogP contribution is 2.34. The Bertz CT molecular complexity index is 1280. The van der Waals surface area contributed by atoms with Crippen molar-refractivity contribution in [2.45, 2.75) is 19.4 Å². The van der Waals surface area contributed by atoms with Gasteiger partial charge in [0, 0.05) is 24.6 Å². The van der Waals surface area contributed by atoms with Crippen LogP contribution in [0.15, 0.2) is 47.0 Å². The molecule has 2 heterocycles. The van der Waals surface area contributed by atoms with Crippen LogP contribution >= 0.6 is 11.6 Å². The fraction of sp³-hybridized carbons (Fsp3) is 0.318. The predicted molar refractivity (Wildman–Crippen MR) is 125 cm³/mol. The van der Waals surface area contributed by atoms with Gasteiger partial charge in [0.05, 0.1) is 23.5 Å². The number of hydrogen-bond acceptors (Lipinski definition) is 8. The van der Waals surface area contributed by atoms with E-state index in [0.717, 1.165) is 6.26 Å². The molecule has 1 aliphatic heterocycles. The molecule has 0 radical (unpaired) electrons. The van der Waals surface area contributed by atoms with Gasteiger partial charge in [-0.3, -0.25) is 9.10 Å². The molecule has 0 bridgehead atoms. The molecule has 0 fully saturated rings. The zero-order valence-corrected chi connectivity index (χ0v) is 19.9. The molecule has 180 valence electrons. The lowest BCUT2D eigenvalue weighted by Crippen LogP contribution is -2.32. The van der Waals surface area contributed by atoms with Crippen LogP contribution in [-0.4, -0.2) is 50.5 Å². The highest BCUT2D eigenvalue weighted by Gasteiger charge is 2.21. The number of ether oxygens (including phenoxy) is 2. The minimum atomic E-state index is -3.56. The second-order valence-corrected chi connectivity index (χ2v) is 9.85. The van der Waals surface area contributed by atoms with E-state index in [1.165, 1.54) is 4.31 Å². The molecular formula is C22H23ClN4O6S. The summed E-state index contributed by atoms with van der Waals surface area (Å²) in [6, 6.07) is 12.1. The van der Waals surface area contributed by atoms with Crippen molar-refractivity contribution in [1.29, 1.82) is 0 Å². The Morgan fingerprint density at radius 3 is 2.68 bits per heavy atom. The molecular weight excluding hydrogens is 484 g/mol. The smallest absolute Gasteiger partial charge is 0.246 e. The van der Waals surface area contributed by atoms with E-state index in [-0.39, 0.29) is 31.3 Å². The van der Waals surface area contributed by atoms with Gasteiger partial charge in [-0.1, -0.05) is 28.9 Å². The highest BCUT2D eigenvalue weighted by molar-refractivity contribution is 7.92. The van der Waals surface area contributed by atoms with Gasteiger partial charge in [-0.2, -0.15) is 4.98 Å². The minimum absolute atomic E-state index is 0.0498. The van der Waals surface area contributed by atoms with Crippen molar-refractivity contribution in [2.24, 2.45) is 0 Å². The van der Waals surface area contributed by atoms with E-state index in [2.05, 4.69) is 15.5 Å². The Labute approximate surface area is 201 Å². The second-order valence-electron chi connectivity index (χ2n) is 7.53. The van der Waals surface area contributed by atoms with E-state index < -0.39 is 10.0 Å². The fourth-order valence-corrected chi connectivity index (χ4v) is 4.58. The number of sulfonamides is 1. The molecule has 0 saturated carbocycles. The van der Waals surface area contributed by atoms with Gasteiger partial charge in [-0.15, -0.1) is 0 Å². The van der Waals surface area contributed by atoms with E-state index in [4.69, 9.17) is 25.6 Å². The molecule has 34 heavy (non-hydrogen) atoms. The van der Waals surface area contributed by atoms with E-state index in [1.807, 2.05) is 6.07 Å². The Hall–Kier alpha value is -3.31. The van der Waals surface area contributed by atoms with Crippen molar-refractivity contribution in [2.75, 3.05) is 30.3 Å². The summed E-state index contributed by atoms with van der Waals surface area (Å²) in [5.74, 6) is 1.36. The van der Waals surface area contributed by atoms with Gasteiger partial charge in [0.15, 0.2) is 11.5 Å². The molecule has 4 rings (SSSR count). The van der Waals surface area contributed by atoms with Gasteiger partial charge in [0.1, 0.15) is 13.2 Å². The molecule has 1 N–H and O–H groups in total. The largest absolute Gasteiger partial charge is 0.486 e. The maximum atomic E-state index is 12.3. The first-order valence-corrected chi connectivity index (χ1v) is 12.8. The minimum Gasteiger partial charge on any atom is -0.486 e. The van der Waals surface area contributed by atoms with Crippen molar-refractivity contribution in [1.82, 2.24) is 15.5 Å². The van der Waals surface area contributed by atoms with E-state index in [0.29, 0.717) is 53.2 Å². The molecule has 0 atom stereocenters. The van der Waals surface area contributed by atoms with Crippen LogP contribution in [0.25, 0.3) is 11.4 Å². The summed E-state index contributed by atoms with van der Waals surface area (Å²) in [6.45, 7) is 1.02. The molecule has 1 aromatic heterocycles. The van der Waals surface area contributed by atoms with Gasteiger partial charge >= 0.3 is 0 Å². The van der Waals surface area contributed by atoms with Gasteiger partial charge in [0.2, 0.25) is 27.6 Å². The Morgan fingerprint density at radius 1 is 1.15 bits per heavy atom. The summed E-state index contributed by atoms with van der Waals surface area (Å²) >= 11 is 6.14. The fourth-order valence-electron chi connectivity index (χ4n) is 3.40. The number of nitrogens with zero attached hydrogens (tertiary/aromatic N) is 3. The number of benzene rings is 2. The number of anilines is 1. The SMILES string of the molecule is CS(=O)(=O)N(CCCC(=O)NCc1nc(-c2ccccc2Cl)no1)c1ccc2c(c1)OCCO2. The summed E-state index contributed by atoms with van der Waals surface area (Å²) in [5, 5.41) is 7.08.